The lowest BCUT2D eigenvalue weighted by atomic mass is 10.1. The molecule has 116 valence electrons. The number of nitrogens with zero attached hydrogens (tertiary/aromatic N) is 2. The zero-order chi connectivity index (χ0) is 15.6. The van der Waals surface area contributed by atoms with E-state index in [0.29, 0.717) is 6.61 Å². The van der Waals surface area contributed by atoms with E-state index >= 15 is 0 Å². The summed E-state index contributed by atoms with van der Waals surface area (Å²) in [5.74, 6) is -0.0845. The molecule has 5 nitrogen and oxygen atoms in total. The van der Waals surface area contributed by atoms with E-state index in [2.05, 4.69) is 10.3 Å². The number of aromatic nitrogens is 2. The van der Waals surface area contributed by atoms with Gasteiger partial charge in [0.1, 0.15) is 11.8 Å². The Morgan fingerprint density at radius 2 is 2.09 bits per heavy atom. The van der Waals surface area contributed by atoms with Gasteiger partial charge in [0.2, 0.25) is 0 Å². The molecule has 0 spiro atoms. The fourth-order valence-corrected chi connectivity index (χ4v) is 2.88. The number of anilines is 1. The van der Waals surface area contributed by atoms with Gasteiger partial charge in [-0.3, -0.25) is 4.79 Å². The van der Waals surface area contributed by atoms with Crippen LogP contribution in [0.1, 0.15) is 12.8 Å². The van der Waals surface area contributed by atoms with Crippen LogP contribution in [0.5, 0.6) is 0 Å². The molecule has 2 aromatic heterocycles. The Morgan fingerprint density at radius 1 is 1.22 bits per heavy atom. The van der Waals surface area contributed by atoms with Gasteiger partial charge in [0.25, 0.3) is 5.91 Å². The van der Waals surface area contributed by atoms with Crippen molar-refractivity contribution in [3.63, 3.8) is 0 Å². The molecule has 1 amide bonds. The fraction of sp³-hybridized carbons (Fsp3) is 0.222. The largest absolute Gasteiger partial charge is 0.368 e. The van der Waals surface area contributed by atoms with Gasteiger partial charge in [0.05, 0.1) is 11.4 Å². The van der Waals surface area contributed by atoms with Crippen molar-refractivity contribution >= 4 is 17.2 Å². The second kappa shape index (κ2) is 5.85. The number of rotatable bonds is 3. The summed E-state index contributed by atoms with van der Waals surface area (Å²) in [7, 11) is 0. The summed E-state index contributed by atoms with van der Waals surface area (Å²) in [6.45, 7) is 0.659. The van der Waals surface area contributed by atoms with E-state index in [-0.39, 0.29) is 12.0 Å². The average molecular weight is 307 g/mol. The normalized spacial score (nSPS) is 17.5. The van der Waals surface area contributed by atoms with Gasteiger partial charge < -0.3 is 14.5 Å². The molecule has 1 atom stereocenters. The number of para-hydroxylation sites is 1. The van der Waals surface area contributed by atoms with Gasteiger partial charge >= 0.3 is 0 Å². The first-order chi connectivity index (χ1) is 11.3. The van der Waals surface area contributed by atoms with E-state index in [9.17, 15) is 4.79 Å². The number of amides is 1. The maximum Gasteiger partial charge on any atom is 0.253 e. The van der Waals surface area contributed by atoms with Crippen LogP contribution in [0, 0.1) is 0 Å². The topological polar surface area (TPSA) is 55.6 Å². The van der Waals surface area contributed by atoms with Crippen LogP contribution in [0.25, 0.3) is 16.9 Å². The number of imidazole rings is 1. The predicted molar refractivity (Wildman–Crippen MR) is 88.2 cm³/mol. The van der Waals surface area contributed by atoms with Gasteiger partial charge in [0.15, 0.2) is 0 Å². The van der Waals surface area contributed by atoms with E-state index in [4.69, 9.17) is 4.74 Å². The molecule has 0 aliphatic carbocycles. The second-order valence-electron chi connectivity index (χ2n) is 5.63. The Bertz CT molecular complexity index is 817. The Hall–Kier alpha value is -2.66. The third-order valence-electron chi connectivity index (χ3n) is 4.05. The molecule has 1 N–H and O–H groups in total. The zero-order valence-corrected chi connectivity index (χ0v) is 12.6. The summed E-state index contributed by atoms with van der Waals surface area (Å²) in [4.78, 5) is 16.9. The van der Waals surface area contributed by atoms with Gasteiger partial charge in [-0.05, 0) is 31.0 Å². The number of pyridine rings is 1. The Balaban J connectivity index is 1.67. The lowest BCUT2D eigenvalue weighted by Crippen LogP contribution is -2.27. The molecule has 1 aromatic carbocycles. The van der Waals surface area contributed by atoms with Gasteiger partial charge in [-0.15, -0.1) is 0 Å². The second-order valence-corrected chi connectivity index (χ2v) is 5.63. The van der Waals surface area contributed by atoms with Crippen LogP contribution in [-0.4, -0.2) is 28.0 Å². The van der Waals surface area contributed by atoms with Crippen molar-refractivity contribution in [1.82, 2.24) is 9.38 Å². The van der Waals surface area contributed by atoms with E-state index in [1.54, 1.807) is 0 Å². The highest BCUT2D eigenvalue weighted by Crippen LogP contribution is 2.28. The lowest BCUT2D eigenvalue weighted by Gasteiger charge is -2.13. The average Bonchev–Trinajstić information content (AvgIpc) is 3.25. The SMILES string of the molecule is O=C(Nc1ccccc1-c1cn2ccccc2n1)[C@@H]1CCCO1. The monoisotopic (exact) mass is 307 g/mol. The summed E-state index contributed by atoms with van der Waals surface area (Å²) >= 11 is 0. The molecule has 1 fully saturated rings. The first-order valence-corrected chi connectivity index (χ1v) is 7.77. The molecule has 23 heavy (non-hydrogen) atoms. The highest BCUT2D eigenvalue weighted by molar-refractivity contribution is 5.97. The van der Waals surface area contributed by atoms with Crippen LogP contribution in [0.2, 0.25) is 0 Å². The number of carbonyl (C=O) groups excluding carboxylic acids is 1. The number of benzene rings is 1. The molecule has 0 unspecified atom stereocenters. The summed E-state index contributed by atoms with van der Waals surface area (Å²) in [6.07, 6.45) is 5.30. The summed E-state index contributed by atoms with van der Waals surface area (Å²) < 4.78 is 7.42. The summed E-state index contributed by atoms with van der Waals surface area (Å²) in [5.41, 5.74) is 3.38. The van der Waals surface area contributed by atoms with Crippen molar-refractivity contribution < 1.29 is 9.53 Å². The van der Waals surface area contributed by atoms with E-state index in [1.165, 1.54) is 0 Å². The third kappa shape index (κ3) is 2.71. The minimum absolute atomic E-state index is 0.0845. The molecule has 4 rings (SSSR count). The molecule has 3 heterocycles. The summed E-state index contributed by atoms with van der Waals surface area (Å²) in [5, 5.41) is 2.98. The Kier molecular flexibility index (Phi) is 3.55. The van der Waals surface area contributed by atoms with Crippen molar-refractivity contribution in [2.24, 2.45) is 0 Å². The van der Waals surface area contributed by atoms with E-state index < -0.39 is 0 Å². The van der Waals surface area contributed by atoms with Crippen LogP contribution in [-0.2, 0) is 9.53 Å². The molecule has 3 aromatic rings. The zero-order valence-electron chi connectivity index (χ0n) is 12.6. The van der Waals surface area contributed by atoms with Crippen molar-refractivity contribution in [3.8, 4) is 11.3 Å². The number of nitrogens with one attached hydrogen (secondary N) is 1. The number of carbonyl (C=O) groups is 1. The highest BCUT2D eigenvalue weighted by atomic mass is 16.5. The fourth-order valence-electron chi connectivity index (χ4n) is 2.88. The molecule has 1 aliphatic rings. The minimum Gasteiger partial charge on any atom is -0.368 e. The van der Waals surface area contributed by atoms with Gasteiger partial charge in [-0.2, -0.15) is 0 Å². The van der Waals surface area contributed by atoms with Crippen LogP contribution in [0.15, 0.2) is 54.9 Å². The van der Waals surface area contributed by atoms with Crippen LogP contribution < -0.4 is 5.32 Å². The van der Waals surface area contributed by atoms with Crippen molar-refractivity contribution in [1.29, 1.82) is 0 Å². The van der Waals surface area contributed by atoms with Crippen LogP contribution in [0.4, 0.5) is 5.69 Å². The van der Waals surface area contributed by atoms with Gasteiger partial charge in [-0.1, -0.05) is 24.3 Å². The lowest BCUT2D eigenvalue weighted by molar-refractivity contribution is -0.124. The van der Waals surface area contributed by atoms with Crippen molar-refractivity contribution in [2.75, 3.05) is 11.9 Å². The van der Waals surface area contributed by atoms with Crippen LogP contribution in [0.3, 0.4) is 0 Å². The number of hydrogen-bond acceptors (Lipinski definition) is 3. The summed E-state index contributed by atoms with van der Waals surface area (Å²) in [6, 6.07) is 13.6. The van der Waals surface area contributed by atoms with Gasteiger partial charge in [-0.25, -0.2) is 4.98 Å². The van der Waals surface area contributed by atoms with Crippen LogP contribution >= 0.6 is 0 Å². The molecular formula is C18H17N3O2. The molecule has 0 bridgehead atoms. The molecule has 0 saturated carbocycles. The minimum atomic E-state index is -0.343. The first kappa shape index (κ1) is 14.0. The maximum absolute atomic E-state index is 12.3. The molecule has 5 heteroatoms. The molecule has 1 aliphatic heterocycles. The smallest absolute Gasteiger partial charge is 0.253 e. The maximum atomic E-state index is 12.3. The van der Waals surface area contributed by atoms with Crippen molar-refractivity contribution in [3.05, 3.63) is 54.9 Å². The predicted octanol–water partition coefficient (Wildman–Crippen LogP) is 3.12. The number of ether oxygens (including phenoxy) is 1. The van der Waals surface area contributed by atoms with E-state index in [0.717, 1.165) is 35.4 Å². The van der Waals surface area contributed by atoms with Gasteiger partial charge in [0, 0.05) is 24.6 Å². The molecule has 0 radical (unpaired) electrons. The first-order valence-electron chi connectivity index (χ1n) is 7.77. The van der Waals surface area contributed by atoms with Crippen molar-refractivity contribution in [2.45, 2.75) is 18.9 Å². The Labute approximate surface area is 133 Å². The molecular weight excluding hydrogens is 290 g/mol. The highest BCUT2D eigenvalue weighted by Gasteiger charge is 2.24. The number of hydrogen-bond donors (Lipinski definition) is 1. The number of fused-ring (bicyclic) bond motifs is 1. The third-order valence-corrected chi connectivity index (χ3v) is 4.05. The standard InChI is InChI=1S/C18H17N3O2/c22-18(16-8-5-11-23-16)20-14-7-2-1-6-13(14)15-12-21-10-4-3-9-17(21)19-15/h1-4,6-7,9-10,12,16H,5,8,11H2,(H,20,22)/t16-/m0/s1. The Morgan fingerprint density at radius 3 is 2.91 bits per heavy atom. The molecule has 1 saturated heterocycles. The van der Waals surface area contributed by atoms with E-state index in [1.807, 2.05) is 59.3 Å². The quantitative estimate of drug-likeness (QED) is 0.809.